The molecule has 2 atom stereocenters. The van der Waals surface area contributed by atoms with E-state index in [9.17, 15) is 0 Å². The van der Waals surface area contributed by atoms with Gasteiger partial charge in [0.2, 0.25) is 0 Å². The molecule has 0 spiro atoms. The van der Waals surface area contributed by atoms with Crippen LogP contribution in [0.25, 0.3) is 66.4 Å². The van der Waals surface area contributed by atoms with E-state index in [0.29, 0.717) is 0 Å². The van der Waals surface area contributed by atoms with Crippen LogP contribution in [0.4, 0.5) is 11.4 Å². The highest BCUT2D eigenvalue weighted by molar-refractivity contribution is 6.11. The highest BCUT2D eigenvalue weighted by atomic mass is 15.2. The first-order valence-corrected chi connectivity index (χ1v) is 22.0. The summed E-state index contributed by atoms with van der Waals surface area (Å²) in [6.45, 7) is 0. The molecule has 1 aliphatic heterocycles. The summed E-state index contributed by atoms with van der Waals surface area (Å²) < 4.78 is 2.43. The van der Waals surface area contributed by atoms with Crippen LogP contribution in [0.5, 0.6) is 0 Å². The van der Waals surface area contributed by atoms with Crippen LogP contribution in [0.2, 0.25) is 0 Å². The van der Waals surface area contributed by atoms with Crippen molar-refractivity contribution in [2.75, 3.05) is 4.90 Å². The van der Waals surface area contributed by atoms with Crippen molar-refractivity contribution in [3.05, 3.63) is 265 Å². The number of nitrogens with zero attached hydrogens (tertiary/aromatic N) is 2. The number of benzene rings is 9. The fourth-order valence-corrected chi connectivity index (χ4v) is 10.0. The van der Waals surface area contributed by atoms with Gasteiger partial charge in [-0.15, -0.1) is 0 Å². The van der Waals surface area contributed by atoms with Crippen LogP contribution >= 0.6 is 0 Å². The van der Waals surface area contributed by atoms with Gasteiger partial charge in [-0.1, -0.05) is 182 Å². The number of rotatable bonds is 8. The van der Waals surface area contributed by atoms with Crippen molar-refractivity contribution >= 4 is 38.8 Å². The highest BCUT2D eigenvalue weighted by Gasteiger charge is 2.38. The van der Waals surface area contributed by atoms with E-state index in [1.807, 2.05) is 0 Å². The summed E-state index contributed by atoms with van der Waals surface area (Å²) in [5, 5.41) is 2.52. The van der Waals surface area contributed by atoms with Crippen LogP contribution < -0.4 is 4.90 Å². The lowest BCUT2D eigenvalue weighted by atomic mass is 9.85. The largest absolute Gasteiger partial charge is 0.333 e. The molecule has 2 unspecified atom stereocenters. The number of hydrogen-bond donors (Lipinski definition) is 0. The van der Waals surface area contributed by atoms with Crippen molar-refractivity contribution in [2.24, 2.45) is 0 Å². The Morgan fingerprint density at radius 2 is 0.841 bits per heavy atom. The summed E-state index contributed by atoms with van der Waals surface area (Å²) >= 11 is 0. The minimum absolute atomic E-state index is 0.201. The van der Waals surface area contributed by atoms with Gasteiger partial charge in [0.15, 0.2) is 0 Å². The van der Waals surface area contributed by atoms with E-state index in [-0.39, 0.29) is 12.0 Å². The molecule has 0 fully saturated rings. The maximum absolute atomic E-state index is 2.54. The monoisotopic (exact) mass is 804 g/mol. The zero-order chi connectivity index (χ0) is 41.7. The molecule has 0 amide bonds. The third kappa shape index (κ3) is 6.68. The summed E-state index contributed by atoms with van der Waals surface area (Å²) in [5.41, 5.74) is 20.0. The van der Waals surface area contributed by atoms with E-state index in [2.05, 4.69) is 252 Å². The zero-order valence-electron chi connectivity index (χ0n) is 34.9. The SMILES string of the molecule is C1=CC2C(C=C1c1ccccc1)c1cc(-c3ccccc3)ccc1N2c1ccc(Cc2ccc(-n3c4ccc(-c5ccccc5)cc4c4cc(-c5ccccc5)ccc43)cc2)cc1. The Hall–Kier alpha value is -7.94. The highest BCUT2D eigenvalue weighted by Crippen LogP contribution is 2.50. The predicted octanol–water partition coefficient (Wildman–Crippen LogP) is 15.6. The Labute approximate surface area is 369 Å². The Kier molecular flexibility index (Phi) is 9.08. The summed E-state index contributed by atoms with van der Waals surface area (Å²) in [6.07, 6.45) is 8.07. The first-order chi connectivity index (χ1) is 31.2. The van der Waals surface area contributed by atoms with Gasteiger partial charge in [0, 0.05) is 33.8 Å². The molecule has 1 aromatic heterocycles. The molecule has 0 saturated heterocycles. The molecule has 2 heterocycles. The second kappa shape index (κ2) is 15.5. The molecule has 1 aliphatic carbocycles. The minimum Gasteiger partial charge on any atom is -0.333 e. The number of hydrogen-bond acceptors (Lipinski definition) is 1. The molecule has 9 aromatic carbocycles. The van der Waals surface area contributed by atoms with E-state index in [1.54, 1.807) is 0 Å². The van der Waals surface area contributed by atoms with Crippen molar-refractivity contribution in [1.29, 1.82) is 0 Å². The lowest BCUT2D eigenvalue weighted by molar-refractivity contribution is 0.747. The average molecular weight is 805 g/mol. The van der Waals surface area contributed by atoms with E-state index in [4.69, 9.17) is 0 Å². The van der Waals surface area contributed by atoms with Crippen LogP contribution in [0.15, 0.2) is 243 Å². The van der Waals surface area contributed by atoms with E-state index < -0.39 is 0 Å². The molecule has 2 aliphatic rings. The molecule has 2 nitrogen and oxygen atoms in total. The average Bonchev–Trinajstić information content (AvgIpc) is 3.87. The first-order valence-electron chi connectivity index (χ1n) is 22.0. The predicted molar refractivity (Wildman–Crippen MR) is 265 cm³/mol. The second-order valence-electron chi connectivity index (χ2n) is 16.9. The van der Waals surface area contributed by atoms with E-state index in [0.717, 1.165) is 12.1 Å². The topological polar surface area (TPSA) is 8.17 Å². The maximum Gasteiger partial charge on any atom is 0.0630 e. The van der Waals surface area contributed by atoms with Crippen molar-refractivity contribution < 1.29 is 0 Å². The van der Waals surface area contributed by atoms with Gasteiger partial charge < -0.3 is 9.47 Å². The smallest absolute Gasteiger partial charge is 0.0630 e. The molecule has 0 radical (unpaired) electrons. The number of anilines is 2. The van der Waals surface area contributed by atoms with Crippen LogP contribution in [-0.4, -0.2) is 10.6 Å². The summed E-state index contributed by atoms with van der Waals surface area (Å²) in [5.74, 6) is 0.244. The van der Waals surface area contributed by atoms with Gasteiger partial charge in [-0.3, -0.25) is 0 Å². The standard InChI is InChI=1S/C61H44N2/c1-5-13-44(14-6-1)48-25-33-58-54(38-48)55-39-49(45-15-7-2-8-16-45)26-34-59(55)62(58)52-29-21-42(22-30-52)37-43-23-31-53(32-24-43)63-60-35-27-50(46-17-9-3-10-18-46)40-56(60)57-41-51(28-36-61(57)63)47-19-11-4-12-20-47/h1-36,38-41,54,58H,37H2. The van der Waals surface area contributed by atoms with Gasteiger partial charge in [-0.05, 0) is 128 Å². The third-order valence-electron chi connectivity index (χ3n) is 13.2. The van der Waals surface area contributed by atoms with Crippen LogP contribution in [0.1, 0.15) is 28.2 Å². The number of aromatic nitrogens is 1. The molecule has 10 aromatic rings. The molecule has 12 rings (SSSR count). The van der Waals surface area contributed by atoms with Gasteiger partial charge in [-0.2, -0.15) is 0 Å². The van der Waals surface area contributed by atoms with Crippen LogP contribution in [0, 0.1) is 0 Å². The van der Waals surface area contributed by atoms with Crippen molar-refractivity contribution in [1.82, 2.24) is 4.57 Å². The molecule has 0 saturated carbocycles. The number of fused-ring (bicyclic) bond motifs is 6. The van der Waals surface area contributed by atoms with Crippen molar-refractivity contribution in [2.45, 2.75) is 18.4 Å². The van der Waals surface area contributed by atoms with Crippen molar-refractivity contribution in [3.8, 4) is 39.1 Å². The lowest BCUT2D eigenvalue weighted by Gasteiger charge is -2.30. The second-order valence-corrected chi connectivity index (χ2v) is 16.9. The van der Waals surface area contributed by atoms with Crippen LogP contribution in [-0.2, 0) is 6.42 Å². The summed E-state index contributed by atoms with van der Waals surface area (Å²) in [7, 11) is 0. The zero-order valence-corrected chi connectivity index (χ0v) is 34.9. The molecule has 63 heavy (non-hydrogen) atoms. The Bertz CT molecular complexity index is 3230. The van der Waals surface area contributed by atoms with Crippen LogP contribution in [0.3, 0.4) is 0 Å². The lowest BCUT2D eigenvalue weighted by Crippen LogP contribution is -2.28. The Morgan fingerprint density at radius 1 is 0.381 bits per heavy atom. The molecular formula is C61H44N2. The van der Waals surface area contributed by atoms with Gasteiger partial charge in [0.1, 0.15) is 0 Å². The molecule has 0 N–H and O–H groups in total. The van der Waals surface area contributed by atoms with Crippen molar-refractivity contribution in [3.63, 3.8) is 0 Å². The fraction of sp³-hybridized carbons (Fsp3) is 0.0492. The van der Waals surface area contributed by atoms with Gasteiger partial charge in [0.05, 0.1) is 17.1 Å². The Balaban J connectivity index is 0.850. The summed E-state index contributed by atoms with van der Waals surface area (Å²) in [4.78, 5) is 2.54. The molecule has 298 valence electrons. The fourth-order valence-electron chi connectivity index (χ4n) is 10.0. The quantitative estimate of drug-likeness (QED) is 0.149. The Morgan fingerprint density at radius 3 is 1.37 bits per heavy atom. The molecule has 0 bridgehead atoms. The van der Waals surface area contributed by atoms with E-state index in [1.165, 1.54) is 94.4 Å². The minimum atomic E-state index is 0.201. The first kappa shape index (κ1) is 36.9. The third-order valence-corrected chi connectivity index (χ3v) is 13.2. The summed E-state index contributed by atoms with van der Waals surface area (Å²) in [6, 6.07) is 82.4. The molecular weight excluding hydrogens is 761 g/mol. The maximum atomic E-state index is 2.54. The van der Waals surface area contributed by atoms with E-state index >= 15 is 0 Å². The number of allylic oxidation sites excluding steroid dienone is 2. The van der Waals surface area contributed by atoms with Gasteiger partial charge in [0.25, 0.3) is 0 Å². The molecule has 2 heteroatoms. The normalized spacial score (nSPS) is 15.4. The van der Waals surface area contributed by atoms with Gasteiger partial charge in [-0.25, -0.2) is 0 Å². The van der Waals surface area contributed by atoms with Gasteiger partial charge >= 0.3 is 0 Å².